The van der Waals surface area contributed by atoms with Crippen molar-refractivity contribution in [1.29, 1.82) is 0 Å². The molecule has 0 N–H and O–H groups in total. The number of para-hydroxylation sites is 2. The van der Waals surface area contributed by atoms with E-state index in [0.717, 1.165) is 22.6 Å². The third-order valence-electron chi connectivity index (χ3n) is 3.96. The predicted molar refractivity (Wildman–Crippen MR) is 128 cm³/mol. The fraction of sp³-hybridized carbons (Fsp3) is 0.238. The maximum atomic E-state index is 5.90. The zero-order valence-electron chi connectivity index (χ0n) is 14.9. The van der Waals surface area contributed by atoms with Crippen molar-refractivity contribution in [1.82, 2.24) is 0 Å². The van der Waals surface area contributed by atoms with Crippen molar-refractivity contribution in [3.05, 3.63) is 84.3 Å². The minimum atomic E-state index is -0.320. The van der Waals surface area contributed by atoms with Crippen molar-refractivity contribution in [2.75, 3.05) is 0 Å². The molecule has 0 unspecified atom stereocenters. The highest BCUT2D eigenvalue weighted by atomic mass is 79.9. The van der Waals surface area contributed by atoms with E-state index in [1.165, 1.54) is 0 Å². The van der Waals surface area contributed by atoms with Crippen molar-refractivity contribution < 1.29 is 9.47 Å². The Kier molecular flexibility index (Phi) is 9.12. The molecule has 0 fully saturated rings. The number of hydrogen-bond donors (Lipinski definition) is 0. The summed E-state index contributed by atoms with van der Waals surface area (Å²) in [6.07, 6.45) is 7.12. The molecule has 2 aromatic carbocycles. The Bertz CT molecular complexity index is 733. The van der Waals surface area contributed by atoms with Crippen LogP contribution in [0.5, 0.6) is 11.5 Å². The van der Waals surface area contributed by atoms with Gasteiger partial charge in [0.25, 0.3) is 0 Å². The lowest BCUT2D eigenvalue weighted by Gasteiger charge is -2.29. The average molecular weight is 624 g/mol. The predicted octanol–water partition coefficient (Wildman–Crippen LogP) is 8.03. The molecular weight excluding hydrogens is 604 g/mol. The second-order valence-electron chi connectivity index (χ2n) is 6.18. The van der Waals surface area contributed by atoms with Gasteiger partial charge in [-0.25, -0.2) is 0 Å². The summed E-state index contributed by atoms with van der Waals surface area (Å²) in [6.45, 7) is 4.33. The fourth-order valence-electron chi connectivity index (χ4n) is 2.66. The van der Waals surface area contributed by atoms with Crippen LogP contribution in [0, 0.1) is 0 Å². The largest absolute Gasteiger partial charge is 0.465 e. The number of halogens is 4. The number of rotatable bonds is 8. The van der Waals surface area contributed by atoms with Gasteiger partial charge in [0.1, 0.15) is 11.5 Å². The van der Waals surface area contributed by atoms with Gasteiger partial charge in [0.2, 0.25) is 0 Å². The molecular formula is C21H20Br4O2. The number of hydrogen-bond acceptors (Lipinski definition) is 2. The van der Waals surface area contributed by atoms with Crippen LogP contribution < -0.4 is 9.47 Å². The topological polar surface area (TPSA) is 18.5 Å². The Balaban J connectivity index is 2.39. The molecule has 2 nitrogen and oxygen atoms in total. The van der Waals surface area contributed by atoms with E-state index in [2.05, 4.69) is 89.7 Å². The first-order valence-corrected chi connectivity index (χ1v) is 11.9. The van der Waals surface area contributed by atoms with Crippen LogP contribution >= 0.6 is 63.7 Å². The molecule has 0 amide bonds. The van der Waals surface area contributed by atoms with E-state index in [9.17, 15) is 0 Å². The minimum Gasteiger partial charge on any atom is -0.465 e. The first-order valence-electron chi connectivity index (χ1n) is 8.24. The molecule has 0 saturated carbocycles. The van der Waals surface area contributed by atoms with Gasteiger partial charge in [0.05, 0.1) is 20.0 Å². The van der Waals surface area contributed by atoms with Crippen LogP contribution in [0.15, 0.2) is 73.2 Å². The molecule has 0 atom stereocenters. The van der Waals surface area contributed by atoms with Crippen molar-refractivity contribution in [2.24, 2.45) is 0 Å². The van der Waals surface area contributed by atoms with Gasteiger partial charge in [-0.15, -0.1) is 0 Å². The summed E-state index contributed by atoms with van der Waals surface area (Å²) in [4.78, 5) is 0. The molecule has 0 bridgehead atoms. The molecule has 2 aromatic rings. The van der Waals surface area contributed by atoms with Crippen LogP contribution in [-0.4, -0.2) is 7.47 Å². The van der Waals surface area contributed by atoms with Crippen LogP contribution in [0.1, 0.15) is 25.0 Å². The zero-order valence-corrected chi connectivity index (χ0v) is 21.3. The van der Waals surface area contributed by atoms with Gasteiger partial charge in [0, 0.05) is 16.5 Å². The molecule has 0 heterocycles. The van der Waals surface area contributed by atoms with E-state index in [0.29, 0.717) is 0 Å². The Labute approximate surface area is 194 Å². The number of ether oxygens (including phenoxy) is 2. The van der Waals surface area contributed by atoms with E-state index in [-0.39, 0.29) is 12.9 Å². The van der Waals surface area contributed by atoms with Gasteiger partial charge in [-0.05, 0) is 24.3 Å². The highest BCUT2D eigenvalue weighted by molar-refractivity contribution is 9.25. The van der Waals surface area contributed by atoms with Crippen molar-refractivity contribution in [3.8, 4) is 11.5 Å². The second kappa shape index (κ2) is 10.8. The first kappa shape index (κ1) is 22.7. The van der Waals surface area contributed by atoms with Gasteiger partial charge >= 0.3 is 0 Å². The zero-order chi connectivity index (χ0) is 19.9. The maximum absolute atomic E-state index is 5.90. The second-order valence-corrected chi connectivity index (χ2v) is 12.6. The summed E-state index contributed by atoms with van der Waals surface area (Å²) >= 11 is 13.6. The van der Waals surface area contributed by atoms with Crippen LogP contribution in [0.4, 0.5) is 0 Å². The molecule has 27 heavy (non-hydrogen) atoms. The Morgan fingerprint density at radius 2 is 1.07 bits per heavy atom. The molecule has 0 saturated heterocycles. The van der Waals surface area contributed by atoms with Gasteiger partial charge in [-0.3, -0.25) is 0 Å². The molecule has 144 valence electrons. The van der Waals surface area contributed by atoms with E-state index in [4.69, 9.17) is 9.47 Å². The van der Waals surface area contributed by atoms with E-state index < -0.39 is 0 Å². The smallest absolute Gasteiger partial charge is 0.130 e. The molecule has 6 heteroatoms. The molecule has 0 aliphatic rings. The Hall–Kier alpha value is -0.560. The van der Waals surface area contributed by atoms with Crippen LogP contribution in [0.2, 0.25) is 0 Å². The monoisotopic (exact) mass is 620 g/mol. The van der Waals surface area contributed by atoms with Gasteiger partial charge in [-0.1, -0.05) is 114 Å². The van der Waals surface area contributed by atoms with Crippen molar-refractivity contribution >= 4 is 63.7 Å². The van der Waals surface area contributed by atoms with E-state index >= 15 is 0 Å². The highest BCUT2D eigenvalue weighted by Crippen LogP contribution is 2.41. The molecule has 0 aliphatic heterocycles. The summed E-state index contributed by atoms with van der Waals surface area (Å²) in [5, 5.41) is 0. The summed E-state index contributed by atoms with van der Waals surface area (Å²) in [6, 6.07) is 16.1. The molecule has 2 rings (SSSR count). The molecule has 0 aliphatic carbocycles. The summed E-state index contributed by atoms with van der Waals surface area (Å²) in [5.41, 5.74) is 1.84. The van der Waals surface area contributed by atoms with Crippen LogP contribution in [0.25, 0.3) is 0 Å². The Morgan fingerprint density at radius 1 is 0.704 bits per heavy atom. The van der Waals surface area contributed by atoms with Gasteiger partial charge in [0.15, 0.2) is 0 Å². The van der Waals surface area contributed by atoms with Crippen LogP contribution in [0.3, 0.4) is 0 Å². The third-order valence-corrected chi connectivity index (χ3v) is 5.18. The first-order chi connectivity index (χ1) is 12.8. The normalized spacial score (nSPS) is 12.4. The van der Waals surface area contributed by atoms with E-state index in [1.54, 1.807) is 12.5 Å². The molecule has 0 spiro atoms. The maximum Gasteiger partial charge on any atom is 0.130 e. The van der Waals surface area contributed by atoms with Gasteiger partial charge in [-0.2, -0.15) is 0 Å². The van der Waals surface area contributed by atoms with E-state index in [1.807, 2.05) is 48.6 Å². The van der Waals surface area contributed by atoms with Crippen molar-refractivity contribution in [2.45, 2.75) is 26.7 Å². The lowest BCUT2D eigenvalue weighted by molar-refractivity contribution is 0.443. The lowest BCUT2D eigenvalue weighted by atomic mass is 9.77. The summed E-state index contributed by atoms with van der Waals surface area (Å²) in [7, 11) is 0. The summed E-state index contributed by atoms with van der Waals surface area (Å²) in [5.74, 6) is 1.62. The summed E-state index contributed by atoms with van der Waals surface area (Å²) < 4.78 is 11.9. The standard InChI is InChI=1S/C21H20Br4O2/c1-21(2,15-7-3-5-9-17(15)26-13-11-19(22)23)16-8-4-6-10-18(16)27-14-12-20(24)25/h3-14,19-20H,1-2H3. The lowest BCUT2D eigenvalue weighted by Crippen LogP contribution is -2.20. The number of allylic oxidation sites excluding steroid dienone is 2. The quantitative estimate of drug-likeness (QED) is 0.219. The SMILES string of the molecule is CC(C)(c1ccccc1OC=CC(Br)Br)c1ccccc1OC=CC(Br)Br. The Morgan fingerprint density at radius 3 is 1.44 bits per heavy atom. The molecule has 0 radical (unpaired) electrons. The van der Waals surface area contributed by atoms with Gasteiger partial charge < -0.3 is 9.47 Å². The minimum absolute atomic E-state index is 0.0683. The average Bonchev–Trinajstić information content (AvgIpc) is 2.62. The van der Waals surface area contributed by atoms with Crippen LogP contribution in [-0.2, 0) is 5.41 Å². The number of alkyl halides is 4. The highest BCUT2D eigenvalue weighted by Gasteiger charge is 2.29. The van der Waals surface area contributed by atoms with Crippen molar-refractivity contribution in [3.63, 3.8) is 0 Å². The molecule has 0 aromatic heterocycles. The fourth-order valence-corrected chi connectivity index (χ4v) is 3.16. The third kappa shape index (κ3) is 6.77. The number of benzene rings is 2.